The molecule has 6 nitrogen and oxygen atoms in total. The van der Waals surface area contributed by atoms with E-state index < -0.39 is 15.6 Å². The van der Waals surface area contributed by atoms with Gasteiger partial charge in [0.15, 0.2) is 5.78 Å². The van der Waals surface area contributed by atoms with Gasteiger partial charge >= 0.3 is 0 Å². The van der Waals surface area contributed by atoms with Gasteiger partial charge in [-0.2, -0.15) is 9.57 Å². The molecule has 0 amide bonds. The largest absolute Gasteiger partial charge is 0.367 e. The van der Waals surface area contributed by atoms with Crippen molar-refractivity contribution in [1.82, 2.24) is 4.31 Å². The Morgan fingerprint density at radius 3 is 2.57 bits per heavy atom. The summed E-state index contributed by atoms with van der Waals surface area (Å²) in [4.78, 5) is 11.4. The number of carbonyl (C=O) groups excluding carboxylic acids is 1. The van der Waals surface area contributed by atoms with E-state index in [1.807, 2.05) is 6.07 Å². The quantitative estimate of drug-likeness (QED) is 0.807. The average Bonchev–Trinajstić information content (AvgIpc) is 2.88. The molecule has 2 saturated heterocycles. The van der Waals surface area contributed by atoms with Crippen LogP contribution in [-0.2, 0) is 19.6 Å². The molecular formula is C15H15ClN2O4S. The maximum atomic E-state index is 12.8. The third kappa shape index (κ3) is 3.00. The summed E-state index contributed by atoms with van der Waals surface area (Å²) < 4.78 is 32.5. The van der Waals surface area contributed by atoms with Crippen LogP contribution in [0.2, 0.25) is 5.02 Å². The van der Waals surface area contributed by atoms with Gasteiger partial charge in [-0.25, -0.2) is 8.42 Å². The van der Waals surface area contributed by atoms with Crippen molar-refractivity contribution in [2.24, 2.45) is 0 Å². The SMILES string of the molecule is N#Cc1ccc(Cl)c(S(=O)(=O)N2CCC3(CC2)CC(=O)CO3)c1. The highest BCUT2D eigenvalue weighted by Gasteiger charge is 2.44. The van der Waals surface area contributed by atoms with Crippen molar-refractivity contribution >= 4 is 27.4 Å². The molecule has 122 valence electrons. The zero-order chi connectivity index (χ0) is 16.7. The van der Waals surface area contributed by atoms with E-state index in [0.717, 1.165) is 0 Å². The fourth-order valence-corrected chi connectivity index (χ4v) is 5.00. The Balaban J connectivity index is 1.82. The standard InChI is InChI=1S/C15H15ClN2O4S/c16-13-2-1-11(9-17)7-14(13)23(20,21)18-5-3-15(4-6-18)8-12(19)10-22-15/h1-2,7H,3-6,8,10H2. The van der Waals surface area contributed by atoms with E-state index in [1.54, 1.807) is 0 Å². The van der Waals surface area contributed by atoms with Crippen LogP contribution in [0.1, 0.15) is 24.8 Å². The molecule has 23 heavy (non-hydrogen) atoms. The molecule has 0 saturated carbocycles. The maximum Gasteiger partial charge on any atom is 0.244 e. The monoisotopic (exact) mass is 354 g/mol. The molecule has 0 radical (unpaired) electrons. The number of benzene rings is 1. The second-order valence-electron chi connectivity index (χ2n) is 5.85. The average molecular weight is 355 g/mol. The molecule has 1 aromatic rings. The minimum atomic E-state index is -3.78. The Bertz CT molecular complexity index is 792. The van der Waals surface area contributed by atoms with E-state index in [9.17, 15) is 13.2 Å². The number of ketones is 1. The van der Waals surface area contributed by atoms with E-state index in [2.05, 4.69) is 0 Å². The highest BCUT2D eigenvalue weighted by Crippen LogP contribution is 2.36. The molecule has 3 rings (SSSR count). The van der Waals surface area contributed by atoms with Gasteiger partial charge in [-0.1, -0.05) is 11.6 Å². The van der Waals surface area contributed by atoms with Crippen LogP contribution in [0, 0.1) is 11.3 Å². The van der Waals surface area contributed by atoms with E-state index in [1.165, 1.54) is 22.5 Å². The molecule has 8 heteroatoms. The van der Waals surface area contributed by atoms with Crippen molar-refractivity contribution in [3.63, 3.8) is 0 Å². The third-order valence-electron chi connectivity index (χ3n) is 4.37. The number of nitrogens with zero attached hydrogens (tertiary/aromatic N) is 2. The molecule has 0 bridgehead atoms. The number of halogens is 1. The van der Waals surface area contributed by atoms with Crippen LogP contribution < -0.4 is 0 Å². The molecule has 0 aliphatic carbocycles. The Labute approximate surface area is 139 Å². The number of piperidine rings is 1. The van der Waals surface area contributed by atoms with Crippen LogP contribution in [0.4, 0.5) is 0 Å². The summed E-state index contributed by atoms with van der Waals surface area (Å²) >= 11 is 6.01. The summed E-state index contributed by atoms with van der Waals surface area (Å²) in [6.45, 7) is 0.647. The summed E-state index contributed by atoms with van der Waals surface area (Å²) in [7, 11) is -3.78. The normalized spacial score (nSPS) is 21.5. The number of carbonyl (C=O) groups is 1. The van der Waals surface area contributed by atoms with Crippen LogP contribution in [0.3, 0.4) is 0 Å². The third-order valence-corrected chi connectivity index (χ3v) is 6.75. The minimum absolute atomic E-state index is 0.0578. The number of rotatable bonds is 2. The van der Waals surface area contributed by atoms with Gasteiger partial charge < -0.3 is 4.74 Å². The number of hydrogen-bond acceptors (Lipinski definition) is 5. The summed E-state index contributed by atoms with van der Waals surface area (Å²) in [5, 5.41) is 9.04. The number of sulfonamides is 1. The van der Waals surface area contributed by atoms with Crippen molar-refractivity contribution in [1.29, 1.82) is 5.26 Å². The van der Waals surface area contributed by atoms with Crippen molar-refractivity contribution < 1.29 is 17.9 Å². The summed E-state index contributed by atoms with van der Waals surface area (Å²) in [5.41, 5.74) is -0.271. The Hall–Kier alpha value is -1.46. The Kier molecular flexibility index (Phi) is 4.19. The van der Waals surface area contributed by atoms with Gasteiger partial charge in [-0.15, -0.1) is 0 Å². The van der Waals surface area contributed by atoms with Crippen molar-refractivity contribution in [3.05, 3.63) is 28.8 Å². The van der Waals surface area contributed by atoms with Crippen molar-refractivity contribution in [2.75, 3.05) is 19.7 Å². The molecule has 2 aliphatic heterocycles. The topological polar surface area (TPSA) is 87.5 Å². The Morgan fingerprint density at radius 2 is 2.00 bits per heavy atom. The number of hydrogen-bond donors (Lipinski definition) is 0. The highest BCUT2D eigenvalue weighted by atomic mass is 35.5. The van der Waals surface area contributed by atoms with Crippen molar-refractivity contribution in [2.45, 2.75) is 29.8 Å². The maximum absolute atomic E-state index is 12.8. The van der Waals surface area contributed by atoms with E-state index >= 15 is 0 Å². The molecule has 0 unspecified atom stereocenters. The van der Waals surface area contributed by atoms with Gasteiger partial charge in [0.25, 0.3) is 0 Å². The molecule has 0 N–H and O–H groups in total. The second-order valence-corrected chi connectivity index (χ2v) is 8.16. The fourth-order valence-electron chi connectivity index (χ4n) is 3.06. The smallest absolute Gasteiger partial charge is 0.244 e. The zero-order valence-corrected chi connectivity index (χ0v) is 13.9. The molecule has 0 aromatic heterocycles. The summed E-state index contributed by atoms with van der Waals surface area (Å²) in [6.07, 6.45) is 1.31. The predicted molar refractivity (Wildman–Crippen MR) is 82.5 cm³/mol. The lowest BCUT2D eigenvalue weighted by Crippen LogP contribution is -2.46. The van der Waals surface area contributed by atoms with Crippen LogP contribution in [0.15, 0.2) is 23.1 Å². The van der Waals surface area contributed by atoms with Gasteiger partial charge in [0.05, 0.1) is 22.3 Å². The first-order chi connectivity index (χ1) is 10.9. The van der Waals surface area contributed by atoms with E-state index in [-0.39, 0.29) is 41.0 Å². The Morgan fingerprint density at radius 1 is 1.30 bits per heavy atom. The molecule has 2 fully saturated rings. The van der Waals surface area contributed by atoms with E-state index in [4.69, 9.17) is 21.6 Å². The van der Waals surface area contributed by atoms with Gasteiger partial charge in [0.2, 0.25) is 10.0 Å². The van der Waals surface area contributed by atoms with Gasteiger partial charge in [0, 0.05) is 19.5 Å². The number of ether oxygens (including phenoxy) is 1. The highest BCUT2D eigenvalue weighted by molar-refractivity contribution is 7.89. The van der Waals surface area contributed by atoms with Gasteiger partial charge in [0.1, 0.15) is 11.5 Å². The first kappa shape index (κ1) is 16.4. The molecular weight excluding hydrogens is 340 g/mol. The molecule has 0 atom stereocenters. The first-order valence-electron chi connectivity index (χ1n) is 7.22. The van der Waals surface area contributed by atoms with Gasteiger partial charge in [-0.3, -0.25) is 4.79 Å². The number of nitriles is 1. The molecule has 2 aliphatic rings. The zero-order valence-electron chi connectivity index (χ0n) is 12.3. The van der Waals surface area contributed by atoms with E-state index in [0.29, 0.717) is 19.3 Å². The predicted octanol–water partition coefficient (Wildman–Crippen LogP) is 1.72. The van der Waals surface area contributed by atoms with Crippen molar-refractivity contribution in [3.8, 4) is 6.07 Å². The van der Waals surface area contributed by atoms with Crippen LogP contribution >= 0.6 is 11.6 Å². The molecule has 2 heterocycles. The first-order valence-corrected chi connectivity index (χ1v) is 9.04. The molecule has 1 aromatic carbocycles. The molecule has 1 spiro atoms. The van der Waals surface area contributed by atoms with Gasteiger partial charge in [-0.05, 0) is 31.0 Å². The van der Waals surface area contributed by atoms with Crippen LogP contribution in [0.5, 0.6) is 0 Å². The van der Waals surface area contributed by atoms with Crippen LogP contribution in [0.25, 0.3) is 0 Å². The fraction of sp³-hybridized carbons (Fsp3) is 0.467. The lowest BCUT2D eigenvalue weighted by atomic mass is 9.89. The number of Topliss-reactive ketones (excluding diaryl/α,β-unsaturated/α-hetero) is 1. The summed E-state index contributed by atoms with van der Waals surface area (Å²) in [5.74, 6) is 0.0612. The minimum Gasteiger partial charge on any atom is -0.367 e. The summed E-state index contributed by atoms with van der Waals surface area (Å²) in [6, 6.07) is 6.09. The van der Waals surface area contributed by atoms with Crippen LogP contribution in [-0.4, -0.2) is 43.8 Å². The lowest BCUT2D eigenvalue weighted by Gasteiger charge is -2.37. The second kappa shape index (κ2) is 5.87. The lowest BCUT2D eigenvalue weighted by molar-refractivity contribution is -0.117.